The summed E-state index contributed by atoms with van der Waals surface area (Å²) < 4.78 is 30.5. The first-order chi connectivity index (χ1) is 10.7. The molecule has 4 heteroatoms. The fourth-order valence-corrected chi connectivity index (χ4v) is 2.38. The van der Waals surface area contributed by atoms with Crippen LogP contribution in [0.5, 0.6) is 11.5 Å². The quantitative estimate of drug-likeness (QED) is 0.830. The molecule has 2 aromatic carbocycles. The maximum Gasteiger partial charge on any atom is 0.200 e. The summed E-state index contributed by atoms with van der Waals surface area (Å²) in [6, 6.07) is 13.9. The Labute approximate surface area is 129 Å². The Bertz CT molecular complexity index is 629. The zero-order chi connectivity index (χ0) is 15.4. The van der Waals surface area contributed by atoms with Gasteiger partial charge in [0, 0.05) is 18.1 Å². The predicted molar refractivity (Wildman–Crippen MR) is 81.3 cm³/mol. The van der Waals surface area contributed by atoms with Crippen molar-refractivity contribution in [1.82, 2.24) is 0 Å². The lowest BCUT2D eigenvalue weighted by atomic mass is 10.1. The maximum atomic E-state index is 13.6. The van der Waals surface area contributed by atoms with E-state index < -0.39 is 0 Å². The zero-order valence-corrected chi connectivity index (χ0v) is 12.5. The van der Waals surface area contributed by atoms with Crippen LogP contribution >= 0.6 is 0 Å². The normalized spacial score (nSPS) is 20.8. The van der Waals surface area contributed by atoms with E-state index in [-0.39, 0.29) is 18.7 Å². The highest BCUT2D eigenvalue weighted by Crippen LogP contribution is 2.26. The molecule has 0 saturated carbocycles. The van der Waals surface area contributed by atoms with Gasteiger partial charge in [0.15, 0.2) is 6.29 Å². The largest absolute Gasteiger partial charge is 0.489 e. The predicted octanol–water partition coefficient (Wildman–Crippen LogP) is 4.17. The van der Waals surface area contributed by atoms with Gasteiger partial charge in [0.05, 0.1) is 6.61 Å². The van der Waals surface area contributed by atoms with E-state index in [2.05, 4.69) is 6.92 Å². The van der Waals surface area contributed by atoms with E-state index in [0.29, 0.717) is 23.0 Å². The number of hydrogen-bond donors (Lipinski definition) is 0. The summed E-state index contributed by atoms with van der Waals surface area (Å²) in [7, 11) is 0. The van der Waals surface area contributed by atoms with Crippen molar-refractivity contribution in [2.24, 2.45) is 5.92 Å². The molecule has 0 N–H and O–H groups in total. The lowest BCUT2D eigenvalue weighted by molar-refractivity contribution is -0.0394. The SMILES string of the molecule is C[C@H]1COC(Oc2cccc(OCc3ccccc3F)c2)C1. The second-order valence-corrected chi connectivity index (χ2v) is 5.58. The van der Waals surface area contributed by atoms with Crippen LogP contribution in [0.2, 0.25) is 0 Å². The van der Waals surface area contributed by atoms with Gasteiger partial charge in [0.2, 0.25) is 0 Å². The smallest absolute Gasteiger partial charge is 0.200 e. The lowest BCUT2D eigenvalue weighted by Crippen LogP contribution is -2.14. The molecule has 0 radical (unpaired) electrons. The molecule has 0 amide bonds. The molecule has 0 spiro atoms. The summed E-state index contributed by atoms with van der Waals surface area (Å²) in [6.07, 6.45) is 0.692. The Morgan fingerprint density at radius 1 is 1.14 bits per heavy atom. The van der Waals surface area contributed by atoms with Gasteiger partial charge in [-0.25, -0.2) is 4.39 Å². The van der Waals surface area contributed by atoms with Crippen LogP contribution in [0.15, 0.2) is 48.5 Å². The van der Waals surface area contributed by atoms with Crippen molar-refractivity contribution >= 4 is 0 Å². The van der Waals surface area contributed by atoms with Crippen molar-refractivity contribution in [3.8, 4) is 11.5 Å². The highest BCUT2D eigenvalue weighted by atomic mass is 19.1. The summed E-state index contributed by atoms with van der Waals surface area (Å²) in [4.78, 5) is 0. The van der Waals surface area contributed by atoms with Crippen molar-refractivity contribution < 1.29 is 18.6 Å². The molecule has 1 heterocycles. The van der Waals surface area contributed by atoms with E-state index >= 15 is 0 Å². The Kier molecular flexibility index (Phi) is 4.59. The minimum Gasteiger partial charge on any atom is -0.489 e. The number of benzene rings is 2. The third kappa shape index (κ3) is 3.77. The molecule has 0 aromatic heterocycles. The van der Waals surface area contributed by atoms with E-state index in [1.807, 2.05) is 18.2 Å². The maximum absolute atomic E-state index is 13.6. The molecule has 1 unspecified atom stereocenters. The minimum absolute atomic E-state index is 0.188. The van der Waals surface area contributed by atoms with Crippen LogP contribution in [0.25, 0.3) is 0 Å². The second kappa shape index (κ2) is 6.79. The molecule has 0 aliphatic carbocycles. The first-order valence-electron chi connectivity index (χ1n) is 7.45. The molecule has 2 aromatic rings. The fraction of sp³-hybridized carbons (Fsp3) is 0.333. The molecule has 1 fully saturated rings. The van der Waals surface area contributed by atoms with E-state index in [1.165, 1.54) is 6.07 Å². The monoisotopic (exact) mass is 302 g/mol. The van der Waals surface area contributed by atoms with Gasteiger partial charge in [0.1, 0.15) is 23.9 Å². The van der Waals surface area contributed by atoms with Crippen LogP contribution in [-0.2, 0) is 11.3 Å². The molecular formula is C18H19FO3. The van der Waals surface area contributed by atoms with Gasteiger partial charge in [-0.15, -0.1) is 0 Å². The highest BCUT2D eigenvalue weighted by molar-refractivity contribution is 5.33. The summed E-state index contributed by atoms with van der Waals surface area (Å²) in [5.74, 6) is 1.60. The van der Waals surface area contributed by atoms with Crippen LogP contribution in [0.4, 0.5) is 4.39 Å². The molecule has 2 atom stereocenters. The third-order valence-electron chi connectivity index (χ3n) is 3.59. The topological polar surface area (TPSA) is 27.7 Å². The molecule has 1 aliphatic heterocycles. The standard InChI is InChI=1S/C18H19FO3/c1-13-9-18(21-11-13)22-16-7-4-6-15(10-16)20-12-14-5-2-3-8-17(14)19/h2-8,10,13,18H,9,11-12H2,1H3/t13-,18?/m1/s1. The van der Waals surface area contributed by atoms with Gasteiger partial charge in [-0.3, -0.25) is 0 Å². The molecule has 1 aliphatic rings. The number of halogens is 1. The average Bonchev–Trinajstić information content (AvgIpc) is 2.92. The van der Waals surface area contributed by atoms with Crippen LogP contribution < -0.4 is 9.47 Å². The first kappa shape index (κ1) is 14.9. The van der Waals surface area contributed by atoms with Gasteiger partial charge in [-0.1, -0.05) is 31.2 Å². The van der Waals surface area contributed by atoms with Crippen molar-refractivity contribution in [3.05, 3.63) is 59.9 Å². The molecular weight excluding hydrogens is 283 g/mol. The summed E-state index contributed by atoms with van der Waals surface area (Å²) in [5, 5.41) is 0. The molecule has 3 nitrogen and oxygen atoms in total. The van der Waals surface area contributed by atoms with Gasteiger partial charge >= 0.3 is 0 Å². The molecule has 3 rings (SSSR count). The molecule has 1 saturated heterocycles. The van der Waals surface area contributed by atoms with Gasteiger partial charge in [0.25, 0.3) is 0 Å². The molecule has 22 heavy (non-hydrogen) atoms. The van der Waals surface area contributed by atoms with Crippen LogP contribution in [0, 0.1) is 11.7 Å². The number of rotatable bonds is 5. The Morgan fingerprint density at radius 3 is 2.73 bits per heavy atom. The van der Waals surface area contributed by atoms with Crippen molar-refractivity contribution in [3.63, 3.8) is 0 Å². The average molecular weight is 302 g/mol. The summed E-state index contributed by atoms with van der Waals surface area (Å²) in [6.45, 7) is 3.05. The van der Waals surface area contributed by atoms with Crippen molar-refractivity contribution in [2.75, 3.05) is 6.61 Å². The van der Waals surface area contributed by atoms with Crippen molar-refractivity contribution in [1.29, 1.82) is 0 Å². The summed E-state index contributed by atoms with van der Waals surface area (Å²) in [5.41, 5.74) is 0.529. The molecule has 0 bridgehead atoms. The van der Waals surface area contributed by atoms with Crippen LogP contribution in [0.3, 0.4) is 0 Å². The number of ether oxygens (including phenoxy) is 3. The fourth-order valence-electron chi connectivity index (χ4n) is 2.38. The number of hydrogen-bond acceptors (Lipinski definition) is 3. The third-order valence-corrected chi connectivity index (χ3v) is 3.59. The van der Waals surface area contributed by atoms with Crippen molar-refractivity contribution in [2.45, 2.75) is 26.2 Å². The van der Waals surface area contributed by atoms with E-state index in [9.17, 15) is 4.39 Å². The molecule has 116 valence electrons. The van der Waals surface area contributed by atoms with E-state index in [0.717, 1.165) is 13.0 Å². The zero-order valence-electron chi connectivity index (χ0n) is 12.5. The lowest BCUT2D eigenvalue weighted by Gasteiger charge is -2.14. The first-order valence-corrected chi connectivity index (χ1v) is 7.45. The minimum atomic E-state index is -0.261. The van der Waals surface area contributed by atoms with Gasteiger partial charge in [-0.05, 0) is 24.1 Å². The van der Waals surface area contributed by atoms with E-state index in [1.54, 1.807) is 24.3 Å². The van der Waals surface area contributed by atoms with E-state index in [4.69, 9.17) is 14.2 Å². The van der Waals surface area contributed by atoms with Gasteiger partial charge < -0.3 is 14.2 Å². The van der Waals surface area contributed by atoms with Crippen LogP contribution in [0.1, 0.15) is 18.9 Å². The highest BCUT2D eigenvalue weighted by Gasteiger charge is 2.23. The Hall–Kier alpha value is -2.07. The van der Waals surface area contributed by atoms with Gasteiger partial charge in [-0.2, -0.15) is 0 Å². The Morgan fingerprint density at radius 2 is 1.95 bits per heavy atom. The second-order valence-electron chi connectivity index (χ2n) is 5.58. The summed E-state index contributed by atoms with van der Waals surface area (Å²) >= 11 is 0. The van der Waals surface area contributed by atoms with Crippen LogP contribution in [-0.4, -0.2) is 12.9 Å². The Balaban J connectivity index is 1.60.